The second kappa shape index (κ2) is 17.4. The summed E-state index contributed by atoms with van der Waals surface area (Å²) in [5.74, 6) is 1.56. The molecule has 0 aromatic heterocycles. The number of allylic oxidation sites excluding steroid dienone is 2. The minimum Gasteiger partial charge on any atom is -0.493 e. The lowest BCUT2D eigenvalue weighted by atomic mass is 10.00. The molecule has 0 saturated heterocycles. The number of rotatable bonds is 19. The topological polar surface area (TPSA) is 89.3 Å². The van der Waals surface area contributed by atoms with E-state index in [9.17, 15) is 10.1 Å². The van der Waals surface area contributed by atoms with Crippen molar-refractivity contribution in [3.05, 3.63) is 68.8 Å². The summed E-state index contributed by atoms with van der Waals surface area (Å²) in [4.78, 5) is 11.4. The molecule has 0 saturated carbocycles. The van der Waals surface area contributed by atoms with E-state index in [-0.39, 0.29) is 25.0 Å². The van der Waals surface area contributed by atoms with E-state index in [1.165, 1.54) is 11.6 Å². The molecule has 238 valence electrons. The summed E-state index contributed by atoms with van der Waals surface area (Å²) in [6, 6.07) is 10.9. The molecule has 0 aliphatic carbocycles. The van der Waals surface area contributed by atoms with E-state index < -0.39 is 21.1 Å². The van der Waals surface area contributed by atoms with Crippen molar-refractivity contribution >= 4 is 34.0 Å². The van der Waals surface area contributed by atoms with Gasteiger partial charge in [0, 0.05) is 47.1 Å². The van der Waals surface area contributed by atoms with Gasteiger partial charge in [0.05, 0.1) is 11.5 Å². The van der Waals surface area contributed by atoms with Crippen LogP contribution < -0.4 is 14.2 Å². The molecular weight excluding hydrogens is 579 g/mol. The molecule has 2 rings (SSSR count). The summed E-state index contributed by atoms with van der Waals surface area (Å²) in [5, 5.41) is 11.9. The van der Waals surface area contributed by atoms with Crippen LogP contribution in [0, 0.1) is 10.1 Å². The molecule has 0 radical (unpaired) electrons. The molecule has 10 heteroatoms. The second-order valence-corrected chi connectivity index (χ2v) is 24.4. The first-order valence-corrected chi connectivity index (χ1v) is 22.4. The van der Waals surface area contributed by atoms with Gasteiger partial charge >= 0.3 is 5.69 Å². The van der Waals surface area contributed by atoms with Gasteiger partial charge in [-0.3, -0.25) is 10.1 Å². The third kappa shape index (κ3) is 14.4. The Bertz CT molecular complexity index is 1240. The first-order chi connectivity index (χ1) is 20.2. The normalized spacial score (nSPS) is 11.9. The first kappa shape index (κ1) is 36.3. The van der Waals surface area contributed by atoms with Crippen molar-refractivity contribution in [2.24, 2.45) is 0 Å². The maximum absolute atomic E-state index is 11.9. The van der Waals surface area contributed by atoms with Gasteiger partial charge in [0.25, 0.3) is 0 Å². The summed E-state index contributed by atoms with van der Waals surface area (Å²) in [6.45, 7) is 21.7. The van der Waals surface area contributed by atoms with Gasteiger partial charge in [-0.25, -0.2) is 0 Å². The molecule has 0 fully saturated rings. The lowest BCUT2D eigenvalue weighted by Gasteiger charge is -2.17. The molecular formula is C33H51NO7Si2. The van der Waals surface area contributed by atoms with E-state index in [2.05, 4.69) is 59.2 Å². The molecule has 0 N–H and O–H groups in total. The van der Waals surface area contributed by atoms with Crippen molar-refractivity contribution in [3.8, 4) is 17.2 Å². The Morgan fingerprint density at radius 3 is 2.02 bits per heavy atom. The zero-order chi connectivity index (χ0) is 32.0. The third-order valence-electron chi connectivity index (χ3n) is 6.47. The van der Waals surface area contributed by atoms with Gasteiger partial charge in [0.1, 0.15) is 11.5 Å². The number of nitro benzene ring substituents is 1. The Balaban J connectivity index is 2.30. The van der Waals surface area contributed by atoms with Crippen molar-refractivity contribution in [2.45, 2.75) is 78.6 Å². The van der Waals surface area contributed by atoms with Gasteiger partial charge < -0.3 is 23.7 Å². The van der Waals surface area contributed by atoms with Gasteiger partial charge in [-0.15, -0.1) is 0 Å². The molecule has 8 nitrogen and oxygen atoms in total. The first-order valence-electron chi connectivity index (χ1n) is 15.0. The van der Waals surface area contributed by atoms with Crippen molar-refractivity contribution in [1.82, 2.24) is 0 Å². The van der Waals surface area contributed by atoms with Gasteiger partial charge in [-0.1, -0.05) is 69.1 Å². The fourth-order valence-electron chi connectivity index (χ4n) is 3.86. The fourth-order valence-corrected chi connectivity index (χ4v) is 5.37. The van der Waals surface area contributed by atoms with Crippen molar-refractivity contribution in [2.75, 3.05) is 33.4 Å². The van der Waals surface area contributed by atoms with Crippen LogP contribution in [-0.2, 0) is 15.9 Å². The van der Waals surface area contributed by atoms with Gasteiger partial charge in [-0.05, 0) is 62.5 Å². The maximum atomic E-state index is 11.9. The molecule has 0 aliphatic rings. The average molecular weight is 630 g/mol. The van der Waals surface area contributed by atoms with E-state index in [1.54, 1.807) is 12.1 Å². The highest BCUT2D eigenvalue weighted by molar-refractivity contribution is 6.76. The highest BCUT2D eigenvalue weighted by Gasteiger charge is 2.17. The quantitative estimate of drug-likeness (QED) is 0.0291. The molecule has 0 heterocycles. The van der Waals surface area contributed by atoms with E-state index in [0.717, 1.165) is 29.0 Å². The Morgan fingerprint density at radius 1 is 0.837 bits per heavy atom. The number of ether oxygens (including phenoxy) is 5. The van der Waals surface area contributed by atoms with Crippen molar-refractivity contribution < 1.29 is 28.6 Å². The number of nitrogens with zero attached hydrogens (tertiary/aromatic N) is 1. The number of nitro groups is 1. The highest BCUT2D eigenvalue weighted by atomic mass is 28.3. The Kier molecular flexibility index (Phi) is 14.7. The average Bonchev–Trinajstić information content (AvgIpc) is 2.90. The van der Waals surface area contributed by atoms with E-state index in [0.29, 0.717) is 37.6 Å². The van der Waals surface area contributed by atoms with Crippen LogP contribution >= 0.6 is 0 Å². The van der Waals surface area contributed by atoms with E-state index in [4.69, 9.17) is 23.7 Å². The number of hydrogen-bond acceptors (Lipinski definition) is 7. The summed E-state index contributed by atoms with van der Waals surface area (Å²) in [5.41, 5.74) is 3.67. The molecule has 0 bridgehead atoms. The summed E-state index contributed by atoms with van der Waals surface area (Å²) in [7, 11) is -2.41. The molecule has 2 aromatic rings. The molecule has 0 amide bonds. The van der Waals surface area contributed by atoms with Gasteiger partial charge in [0.2, 0.25) is 0 Å². The highest BCUT2D eigenvalue weighted by Crippen LogP contribution is 2.33. The Hall–Kier alpha value is -2.93. The summed E-state index contributed by atoms with van der Waals surface area (Å²) in [6.07, 6.45) is 6.62. The summed E-state index contributed by atoms with van der Waals surface area (Å²) >= 11 is 0. The number of hydrogen-bond donors (Lipinski definition) is 0. The van der Waals surface area contributed by atoms with Crippen molar-refractivity contribution in [1.29, 1.82) is 0 Å². The molecule has 2 aromatic carbocycles. The molecule has 43 heavy (non-hydrogen) atoms. The van der Waals surface area contributed by atoms with Crippen LogP contribution in [0.25, 0.3) is 12.2 Å². The van der Waals surface area contributed by atoms with Crippen LogP contribution in [-0.4, -0.2) is 54.5 Å². The molecule has 0 unspecified atom stereocenters. The van der Waals surface area contributed by atoms with Gasteiger partial charge in [0.15, 0.2) is 19.3 Å². The molecule has 0 aliphatic heterocycles. The standard InChI is InChI=1S/C33H51NO7Si2/c1-10-39-33-23-29(40-24-37-17-19-42(4,5)6)22-28(30(33)15-11-26(2)3)14-12-27-13-16-32(31(21-27)34(35)36)41-25-38-18-20-43(7,8)9/h11-14,16,21-23H,10,15,17-20,24-25H2,1-9H3/b14-12+. The lowest BCUT2D eigenvalue weighted by Crippen LogP contribution is -2.22. The van der Waals surface area contributed by atoms with Crippen LogP contribution in [0.3, 0.4) is 0 Å². The van der Waals surface area contributed by atoms with Gasteiger partial charge in [-0.2, -0.15) is 0 Å². The Labute approximate surface area is 260 Å². The van der Waals surface area contributed by atoms with Crippen LogP contribution in [0.1, 0.15) is 37.5 Å². The monoisotopic (exact) mass is 629 g/mol. The predicted octanol–water partition coefficient (Wildman–Crippen LogP) is 9.05. The van der Waals surface area contributed by atoms with Crippen LogP contribution in [0.15, 0.2) is 42.0 Å². The summed E-state index contributed by atoms with van der Waals surface area (Å²) < 4.78 is 28.9. The largest absolute Gasteiger partial charge is 0.493 e. The maximum Gasteiger partial charge on any atom is 0.311 e. The Morgan fingerprint density at radius 2 is 1.47 bits per heavy atom. The number of benzene rings is 2. The minimum absolute atomic E-state index is 0.0247. The van der Waals surface area contributed by atoms with Crippen LogP contribution in [0.4, 0.5) is 5.69 Å². The van der Waals surface area contributed by atoms with E-state index in [1.807, 2.05) is 31.2 Å². The fraction of sp³-hybridized carbons (Fsp3) is 0.515. The zero-order valence-electron chi connectivity index (χ0n) is 27.6. The molecule has 0 atom stereocenters. The lowest BCUT2D eigenvalue weighted by molar-refractivity contribution is -0.386. The predicted molar refractivity (Wildman–Crippen MR) is 182 cm³/mol. The molecule has 0 spiro atoms. The van der Waals surface area contributed by atoms with Crippen molar-refractivity contribution in [3.63, 3.8) is 0 Å². The zero-order valence-corrected chi connectivity index (χ0v) is 29.6. The SMILES string of the molecule is CCOc1cc(OCOCC[Si](C)(C)C)cc(/C=C/c2ccc(OCOCC[Si](C)(C)C)c([N+](=O)[O-])c2)c1CC=C(C)C. The van der Waals surface area contributed by atoms with Crippen LogP contribution in [0.2, 0.25) is 51.4 Å². The second-order valence-electron chi connectivity index (χ2n) is 13.2. The third-order valence-corrected chi connectivity index (χ3v) is 9.87. The minimum atomic E-state index is -1.22. The van der Waals surface area contributed by atoms with E-state index >= 15 is 0 Å². The van der Waals surface area contributed by atoms with Crippen LogP contribution in [0.5, 0.6) is 17.2 Å². The smallest absolute Gasteiger partial charge is 0.311 e.